The first-order chi connectivity index (χ1) is 9.39. The van der Waals surface area contributed by atoms with Gasteiger partial charge >= 0.3 is 5.97 Å². The zero-order valence-electron chi connectivity index (χ0n) is 13.4. The van der Waals surface area contributed by atoms with E-state index in [4.69, 9.17) is 9.66 Å². The zero-order valence-corrected chi connectivity index (χ0v) is 16.2. The molecule has 1 unspecified atom stereocenters. The molecule has 0 fully saturated rings. The van der Waals surface area contributed by atoms with Gasteiger partial charge in [0.15, 0.2) is 5.25 Å². The Hall–Kier alpha value is 0.380. The van der Waals surface area contributed by atoms with Crippen LogP contribution in [0.3, 0.4) is 0 Å². The van der Waals surface area contributed by atoms with Crippen molar-refractivity contribution in [3.63, 3.8) is 0 Å². The summed E-state index contributed by atoms with van der Waals surface area (Å²) in [6, 6.07) is 0. The van der Waals surface area contributed by atoms with Crippen molar-refractivity contribution in [2.24, 2.45) is 0 Å². The fourth-order valence-electron chi connectivity index (χ4n) is 2.22. The van der Waals surface area contributed by atoms with Crippen LogP contribution in [0, 0.1) is 0 Å². The molecule has 121 valence electrons. The van der Waals surface area contributed by atoms with Crippen molar-refractivity contribution in [2.75, 3.05) is 0 Å². The summed E-state index contributed by atoms with van der Waals surface area (Å²) in [5.74, 6) is -1.47. The summed E-state index contributed by atoms with van der Waals surface area (Å²) in [5.41, 5.74) is 0. The molecule has 0 heterocycles. The van der Waals surface area contributed by atoms with Gasteiger partial charge in [0.05, 0.1) is 0 Å². The molecule has 1 radical (unpaired) electrons. The third-order valence-corrected chi connectivity index (χ3v) is 4.61. The van der Waals surface area contributed by atoms with Crippen LogP contribution in [-0.4, -0.2) is 58.9 Å². The molecular weight excluding hydrogens is 303 g/mol. The molecule has 7 heteroatoms. The Balaban J connectivity index is 0. The average Bonchev–Trinajstić information content (AvgIpc) is 2.34. The van der Waals surface area contributed by atoms with Crippen LogP contribution in [0.1, 0.15) is 77.6 Å². The van der Waals surface area contributed by atoms with Crippen LogP contribution in [0.2, 0.25) is 0 Å². The van der Waals surface area contributed by atoms with Gasteiger partial charge in [0, 0.05) is 29.6 Å². The van der Waals surface area contributed by atoms with Crippen molar-refractivity contribution >= 4 is 45.6 Å². The predicted octanol–water partition coefficient (Wildman–Crippen LogP) is 3.26. The maximum Gasteiger partial charge on any atom is 0.324 e. The van der Waals surface area contributed by atoms with Crippen molar-refractivity contribution in [2.45, 2.75) is 82.8 Å². The van der Waals surface area contributed by atoms with Crippen molar-refractivity contribution in [3.05, 3.63) is 0 Å². The molecule has 0 aliphatic rings. The number of carboxylic acid groups (broad SMARTS) is 1. The van der Waals surface area contributed by atoms with E-state index in [9.17, 15) is 13.2 Å². The molecule has 0 rings (SSSR count). The van der Waals surface area contributed by atoms with Gasteiger partial charge in [0.25, 0.3) is 10.1 Å². The second-order valence-corrected chi connectivity index (χ2v) is 6.91. The molecule has 0 aromatic rings. The maximum atomic E-state index is 10.8. The molecule has 2 N–H and O–H groups in total. The SMILES string of the molecule is CCCCCCCCCCCCC(C(=O)O)S(=O)(=O)O.[Na]. The van der Waals surface area contributed by atoms with Crippen molar-refractivity contribution < 1.29 is 22.9 Å². The monoisotopic (exact) mass is 331 g/mol. The van der Waals surface area contributed by atoms with Gasteiger partial charge in [-0.05, 0) is 6.42 Å². The molecule has 0 aliphatic heterocycles. The predicted molar refractivity (Wildman–Crippen MR) is 85.2 cm³/mol. The molecule has 21 heavy (non-hydrogen) atoms. The molecular formula is C14H28NaO5S. The summed E-state index contributed by atoms with van der Waals surface area (Å²) in [7, 11) is -4.47. The van der Waals surface area contributed by atoms with Gasteiger partial charge in [-0.2, -0.15) is 8.42 Å². The Labute approximate surface area is 150 Å². The summed E-state index contributed by atoms with van der Waals surface area (Å²) in [5, 5.41) is 7.04. The molecule has 5 nitrogen and oxygen atoms in total. The first kappa shape index (κ1) is 23.6. The Morgan fingerprint density at radius 2 is 1.29 bits per heavy atom. The topological polar surface area (TPSA) is 91.7 Å². The average molecular weight is 331 g/mol. The smallest absolute Gasteiger partial charge is 0.324 e. The largest absolute Gasteiger partial charge is 0.480 e. The summed E-state index contributed by atoms with van der Waals surface area (Å²) in [6.07, 6.45) is 11.0. The van der Waals surface area contributed by atoms with Gasteiger partial charge in [-0.1, -0.05) is 71.1 Å². The molecule has 0 saturated heterocycles. The first-order valence-corrected chi connectivity index (χ1v) is 9.09. The number of rotatable bonds is 13. The van der Waals surface area contributed by atoms with Gasteiger partial charge in [-0.15, -0.1) is 0 Å². The fraction of sp³-hybridized carbons (Fsp3) is 0.929. The van der Waals surface area contributed by atoms with Gasteiger partial charge in [-0.25, -0.2) is 0 Å². The van der Waals surface area contributed by atoms with Gasteiger partial charge < -0.3 is 5.11 Å². The molecule has 0 spiro atoms. The minimum atomic E-state index is -4.47. The van der Waals surface area contributed by atoms with Crippen LogP contribution < -0.4 is 0 Å². The van der Waals surface area contributed by atoms with Gasteiger partial charge in [-0.3, -0.25) is 9.35 Å². The third kappa shape index (κ3) is 13.7. The van der Waals surface area contributed by atoms with Crippen LogP contribution in [0.4, 0.5) is 0 Å². The molecule has 0 aromatic carbocycles. The van der Waals surface area contributed by atoms with Crippen LogP contribution in [-0.2, 0) is 14.9 Å². The van der Waals surface area contributed by atoms with E-state index in [2.05, 4.69) is 6.92 Å². The minimum absolute atomic E-state index is 0. The molecule has 0 aromatic heterocycles. The normalized spacial score (nSPS) is 12.7. The third-order valence-electron chi connectivity index (χ3n) is 3.45. The molecule has 1 atom stereocenters. The van der Waals surface area contributed by atoms with Crippen LogP contribution in [0.15, 0.2) is 0 Å². The van der Waals surface area contributed by atoms with E-state index in [1.165, 1.54) is 38.5 Å². The van der Waals surface area contributed by atoms with E-state index < -0.39 is 21.3 Å². The number of aliphatic carboxylic acids is 1. The maximum absolute atomic E-state index is 10.8. The Morgan fingerprint density at radius 3 is 1.62 bits per heavy atom. The van der Waals surface area contributed by atoms with Crippen LogP contribution in [0.25, 0.3) is 0 Å². The summed E-state index contributed by atoms with van der Waals surface area (Å²) in [6.45, 7) is 2.19. The Morgan fingerprint density at radius 1 is 0.905 bits per heavy atom. The van der Waals surface area contributed by atoms with Crippen molar-refractivity contribution in [1.82, 2.24) is 0 Å². The standard InChI is InChI=1S/C14H28O5S.Na/c1-2-3-4-5-6-7-8-9-10-11-12-13(14(15)16)20(17,18)19;/h13H,2-12H2,1H3,(H,15,16)(H,17,18,19);. The molecule has 0 saturated carbocycles. The summed E-state index contributed by atoms with van der Waals surface area (Å²) >= 11 is 0. The van der Waals surface area contributed by atoms with E-state index in [0.29, 0.717) is 6.42 Å². The number of hydrogen-bond donors (Lipinski definition) is 2. The second kappa shape index (κ2) is 14.0. The quantitative estimate of drug-likeness (QED) is 0.307. The first-order valence-electron chi connectivity index (χ1n) is 7.58. The number of hydrogen-bond acceptors (Lipinski definition) is 3. The Bertz CT molecular complexity index is 356. The molecule has 0 aliphatic carbocycles. The number of carbonyl (C=O) groups is 1. The summed E-state index contributed by atoms with van der Waals surface area (Å²) < 4.78 is 30.5. The number of carboxylic acids is 1. The minimum Gasteiger partial charge on any atom is -0.480 e. The fourth-order valence-corrected chi connectivity index (χ4v) is 2.94. The zero-order chi connectivity index (χ0) is 15.4. The van der Waals surface area contributed by atoms with E-state index in [1.807, 2.05) is 0 Å². The van der Waals surface area contributed by atoms with Crippen LogP contribution in [0.5, 0.6) is 0 Å². The van der Waals surface area contributed by atoms with Crippen LogP contribution >= 0.6 is 0 Å². The second-order valence-electron chi connectivity index (χ2n) is 5.31. The van der Waals surface area contributed by atoms with E-state index in [1.54, 1.807) is 0 Å². The number of unbranched alkanes of at least 4 members (excludes halogenated alkanes) is 9. The Kier molecular flexibility index (Phi) is 15.8. The molecule has 0 amide bonds. The van der Waals surface area contributed by atoms with Crippen molar-refractivity contribution in [3.8, 4) is 0 Å². The molecule has 0 bridgehead atoms. The summed E-state index contributed by atoms with van der Waals surface area (Å²) in [4.78, 5) is 10.7. The van der Waals surface area contributed by atoms with Gasteiger partial charge in [0.1, 0.15) is 0 Å². The van der Waals surface area contributed by atoms with E-state index >= 15 is 0 Å². The van der Waals surface area contributed by atoms with Gasteiger partial charge in [0.2, 0.25) is 0 Å². The van der Waals surface area contributed by atoms with E-state index in [0.717, 1.165) is 19.3 Å². The van der Waals surface area contributed by atoms with E-state index in [-0.39, 0.29) is 36.0 Å². The van der Waals surface area contributed by atoms with Crippen molar-refractivity contribution in [1.29, 1.82) is 0 Å².